The molecule has 3 rings (SSSR count). The Morgan fingerprint density at radius 2 is 2.04 bits per heavy atom. The maximum absolute atomic E-state index is 12.5. The monoisotopic (exact) mass is 364 g/mol. The lowest BCUT2D eigenvalue weighted by atomic mass is 9.99. The Hall–Kier alpha value is -1.86. The van der Waals surface area contributed by atoms with Crippen molar-refractivity contribution in [3.05, 3.63) is 51.7 Å². The molecule has 5 nitrogen and oxygen atoms in total. The largest absolute Gasteiger partial charge is 0.333 e. The Morgan fingerprint density at radius 1 is 1.25 bits per heavy atom. The predicted molar refractivity (Wildman–Crippen MR) is 96.9 cm³/mol. The van der Waals surface area contributed by atoms with E-state index in [2.05, 4.69) is 4.72 Å². The second-order valence-corrected chi connectivity index (χ2v) is 9.32. The van der Waals surface area contributed by atoms with Crippen LogP contribution in [0, 0.1) is 0 Å². The molecule has 0 bridgehead atoms. The Kier molecular flexibility index (Phi) is 4.64. The van der Waals surface area contributed by atoms with Crippen molar-refractivity contribution in [2.75, 3.05) is 11.3 Å². The Morgan fingerprint density at radius 3 is 2.71 bits per heavy atom. The maximum atomic E-state index is 12.5. The normalized spacial score (nSPS) is 14.5. The molecule has 0 fully saturated rings. The quantitative estimate of drug-likeness (QED) is 0.906. The summed E-state index contributed by atoms with van der Waals surface area (Å²) in [6.45, 7) is 4.47. The summed E-state index contributed by atoms with van der Waals surface area (Å²) in [6.07, 6.45) is 0.781. The number of hydrogen-bond acceptors (Lipinski definition) is 4. The zero-order chi connectivity index (χ0) is 17.3. The average molecular weight is 364 g/mol. The van der Waals surface area contributed by atoms with Crippen LogP contribution in [0.15, 0.2) is 35.7 Å². The molecule has 1 amide bonds. The third-order valence-electron chi connectivity index (χ3n) is 4.12. The summed E-state index contributed by atoms with van der Waals surface area (Å²) < 4.78 is 26.7. The SMILES string of the molecule is CC(C)S(=O)(=O)Nc1ccc2c(c1)CN(C(=O)c1cccs1)CC2. The molecule has 0 saturated carbocycles. The lowest BCUT2D eigenvalue weighted by Crippen LogP contribution is -2.35. The van der Waals surface area contributed by atoms with E-state index in [9.17, 15) is 13.2 Å². The summed E-state index contributed by atoms with van der Waals surface area (Å²) in [5, 5.41) is 1.40. The van der Waals surface area contributed by atoms with Gasteiger partial charge in [0, 0.05) is 18.8 Å². The summed E-state index contributed by atoms with van der Waals surface area (Å²) >= 11 is 1.44. The molecule has 2 heterocycles. The summed E-state index contributed by atoms with van der Waals surface area (Å²) in [5.74, 6) is 0.0313. The lowest BCUT2D eigenvalue weighted by molar-refractivity contribution is 0.0739. The highest BCUT2D eigenvalue weighted by molar-refractivity contribution is 7.93. The van der Waals surface area contributed by atoms with Gasteiger partial charge in [-0.1, -0.05) is 12.1 Å². The first kappa shape index (κ1) is 17.0. The van der Waals surface area contributed by atoms with E-state index in [0.29, 0.717) is 18.8 Å². The highest BCUT2D eigenvalue weighted by Crippen LogP contribution is 2.25. The molecule has 1 aromatic carbocycles. The first-order valence-electron chi connectivity index (χ1n) is 7.83. The van der Waals surface area contributed by atoms with Crippen molar-refractivity contribution >= 4 is 33.0 Å². The van der Waals surface area contributed by atoms with Crippen molar-refractivity contribution in [1.82, 2.24) is 4.90 Å². The number of amides is 1. The van der Waals surface area contributed by atoms with Crippen LogP contribution in [-0.2, 0) is 23.0 Å². The molecule has 1 N–H and O–H groups in total. The lowest BCUT2D eigenvalue weighted by Gasteiger charge is -2.29. The molecule has 1 aromatic heterocycles. The van der Waals surface area contributed by atoms with E-state index < -0.39 is 15.3 Å². The van der Waals surface area contributed by atoms with Gasteiger partial charge >= 0.3 is 0 Å². The number of nitrogens with one attached hydrogen (secondary N) is 1. The van der Waals surface area contributed by atoms with Gasteiger partial charge in [0.1, 0.15) is 0 Å². The number of carbonyl (C=O) groups excluding carboxylic acids is 1. The highest BCUT2D eigenvalue weighted by Gasteiger charge is 2.23. The third-order valence-corrected chi connectivity index (χ3v) is 6.74. The van der Waals surface area contributed by atoms with Crippen LogP contribution >= 0.6 is 11.3 Å². The van der Waals surface area contributed by atoms with Crippen molar-refractivity contribution in [3.8, 4) is 0 Å². The number of thiophene rings is 1. The molecule has 2 aromatic rings. The fraction of sp³-hybridized carbons (Fsp3) is 0.353. The van der Waals surface area contributed by atoms with E-state index >= 15 is 0 Å². The van der Waals surface area contributed by atoms with Crippen LogP contribution in [0.3, 0.4) is 0 Å². The van der Waals surface area contributed by atoms with Crippen LogP contribution in [0.25, 0.3) is 0 Å². The number of carbonyl (C=O) groups is 1. The van der Waals surface area contributed by atoms with Gasteiger partial charge in [-0.2, -0.15) is 0 Å². The molecule has 0 aliphatic carbocycles. The number of fused-ring (bicyclic) bond motifs is 1. The molecular weight excluding hydrogens is 344 g/mol. The highest BCUT2D eigenvalue weighted by atomic mass is 32.2. The van der Waals surface area contributed by atoms with E-state index in [-0.39, 0.29) is 5.91 Å². The fourth-order valence-corrected chi connectivity index (χ4v) is 4.01. The topological polar surface area (TPSA) is 66.5 Å². The molecule has 0 unspecified atom stereocenters. The maximum Gasteiger partial charge on any atom is 0.264 e. The van der Waals surface area contributed by atoms with E-state index in [0.717, 1.165) is 22.4 Å². The Balaban J connectivity index is 1.80. The average Bonchev–Trinajstić information content (AvgIpc) is 3.07. The minimum atomic E-state index is -3.37. The third kappa shape index (κ3) is 3.47. The second kappa shape index (κ2) is 6.57. The number of rotatable bonds is 4. The molecule has 1 aliphatic heterocycles. The number of benzene rings is 1. The van der Waals surface area contributed by atoms with E-state index in [4.69, 9.17) is 0 Å². The first-order chi connectivity index (χ1) is 11.4. The number of sulfonamides is 1. The standard InChI is InChI=1S/C17H20N2O3S2/c1-12(2)24(21,22)18-15-6-5-13-7-8-19(11-14(13)10-15)17(20)16-4-3-9-23-16/h3-6,9-10,12,18H,7-8,11H2,1-2H3. The second-order valence-electron chi connectivity index (χ2n) is 6.13. The van der Waals surface area contributed by atoms with E-state index in [1.165, 1.54) is 11.3 Å². The summed E-state index contributed by atoms with van der Waals surface area (Å²) in [4.78, 5) is 15.0. The van der Waals surface area contributed by atoms with Crippen LogP contribution < -0.4 is 4.72 Å². The zero-order valence-electron chi connectivity index (χ0n) is 13.7. The molecule has 0 atom stereocenters. The van der Waals surface area contributed by atoms with Crippen molar-refractivity contribution in [1.29, 1.82) is 0 Å². The van der Waals surface area contributed by atoms with Gasteiger partial charge in [-0.3, -0.25) is 9.52 Å². The van der Waals surface area contributed by atoms with Crippen LogP contribution in [0.1, 0.15) is 34.6 Å². The summed E-state index contributed by atoms with van der Waals surface area (Å²) in [7, 11) is -3.37. The number of hydrogen-bond donors (Lipinski definition) is 1. The summed E-state index contributed by atoms with van der Waals surface area (Å²) in [5.41, 5.74) is 2.71. The minimum Gasteiger partial charge on any atom is -0.333 e. The van der Waals surface area contributed by atoms with Crippen molar-refractivity contribution < 1.29 is 13.2 Å². The van der Waals surface area contributed by atoms with Crippen LogP contribution in [0.2, 0.25) is 0 Å². The molecule has 0 saturated heterocycles. The minimum absolute atomic E-state index is 0.0313. The van der Waals surface area contributed by atoms with Gasteiger partial charge in [0.05, 0.1) is 10.1 Å². The van der Waals surface area contributed by atoms with Gasteiger partial charge in [0.25, 0.3) is 5.91 Å². The van der Waals surface area contributed by atoms with Gasteiger partial charge in [-0.05, 0) is 55.0 Å². The van der Waals surface area contributed by atoms with Gasteiger partial charge in [0.2, 0.25) is 10.0 Å². The van der Waals surface area contributed by atoms with Crippen LogP contribution in [0.5, 0.6) is 0 Å². The van der Waals surface area contributed by atoms with Crippen LogP contribution in [-0.4, -0.2) is 31.0 Å². The number of nitrogens with zero attached hydrogens (tertiary/aromatic N) is 1. The fourth-order valence-electron chi connectivity index (χ4n) is 2.63. The van der Waals surface area contributed by atoms with Gasteiger partial charge in [0.15, 0.2) is 0 Å². The van der Waals surface area contributed by atoms with Crippen molar-refractivity contribution in [3.63, 3.8) is 0 Å². The predicted octanol–water partition coefficient (Wildman–Crippen LogP) is 3.10. The summed E-state index contributed by atoms with van der Waals surface area (Å²) in [6, 6.07) is 9.27. The molecule has 7 heteroatoms. The van der Waals surface area contributed by atoms with Gasteiger partial charge in [-0.15, -0.1) is 11.3 Å². The zero-order valence-corrected chi connectivity index (χ0v) is 15.3. The van der Waals surface area contributed by atoms with Gasteiger partial charge < -0.3 is 4.90 Å². The number of anilines is 1. The smallest absolute Gasteiger partial charge is 0.264 e. The van der Waals surface area contributed by atoms with Crippen LogP contribution in [0.4, 0.5) is 5.69 Å². The molecule has 0 radical (unpaired) electrons. The molecule has 0 spiro atoms. The van der Waals surface area contributed by atoms with Crippen molar-refractivity contribution in [2.24, 2.45) is 0 Å². The molecular formula is C17H20N2O3S2. The molecule has 24 heavy (non-hydrogen) atoms. The Labute approximate surface area is 146 Å². The first-order valence-corrected chi connectivity index (χ1v) is 10.3. The van der Waals surface area contributed by atoms with Gasteiger partial charge in [-0.25, -0.2) is 8.42 Å². The molecule has 128 valence electrons. The van der Waals surface area contributed by atoms with Crippen molar-refractivity contribution in [2.45, 2.75) is 32.1 Å². The van der Waals surface area contributed by atoms with E-state index in [1.54, 1.807) is 19.9 Å². The Bertz CT molecular complexity index is 843. The molecule has 1 aliphatic rings. The van der Waals surface area contributed by atoms with E-state index in [1.807, 2.05) is 34.5 Å².